The number of ether oxygens (including phenoxy) is 1. The van der Waals surface area contributed by atoms with E-state index < -0.39 is 20.8 Å². The van der Waals surface area contributed by atoms with Gasteiger partial charge in [-0.3, -0.25) is 4.55 Å². The Hall–Kier alpha value is -1.05. The molecule has 0 aliphatic carbocycles. The van der Waals surface area contributed by atoms with Crippen molar-refractivity contribution in [1.29, 1.82) is 0 Å². The van der Waals surface area contributed by atoms with Crippen molar-refractivity contribution in [3.05, 3.63) is 48.0 Å². The number of benzene rings is 2. The molecule has 5 nitrogen and oxygen atoms in total. The summed E-state index contributed by atoms with van der Waals surface area (Å²) >= 11 is 0. The van der Waals surface area contributed by atoms with Crippen LogP contribution in [-0.2, 0) is 16.5 Å². The van der Waals surface area contributed by atoms with E-state index in [1.165, 1.54) is 57.4 Å². The molecule has 2 aromatic carbocycles. The first kappa shape index (κ1) is 29.0. The molecule has 0 saturated heterocycles. The zero-order valence-corrected chi connectivity index (χ0v) is 22.3. The predicted molar refractivity (Wildman–Crippen MR) is 122 cm³/mol. The molecule has 7 heteroatoms. The third kappa shape index (κ3) is 10.7. The van der Waals surface area contributed by atoms with Gasteiger partial charge in [-0.25, -0.2) is 0 Å². The van der Waals surface area contributed by atoms with Crippen molar-refractivity contribution in [3.63, 3.8) is 0 Å². The Balaban J connectivity index is 0.00000512. The maximum absolute atomic E-state index is 12.4. The molecule has 0 fully saturated rings. The van der Waals surface area contributed by atoms with Crippen LogP contribution >= 0.6 is 0 Å². The molecule has 2 rings (SSSR count). The summed E-state index contributed by atoms with van der Waals surface area (Å²) in [7, 11) is -4.68. The molecule has 0 bridgehead atoms. The van der Waals surface area contributed by atoms with Crippen LogP contribution in [0.5, 0.6) is 17.2 Å². The average Bonchev–Trinajstić information content (AvgIpc) is 2.71. The van der Waals surface area contributed by atoms with Gasteiger partial charge in [-0.05, 0) is 36.6 Å². The van der Waals surface area contributed by atoms with Crippen molar-refractivity contribution in [2.45, 2.75) is 88.9 Å². The molecule has 0 amide bonds. The van der Waals surface area contributed by atoms with Crippen molar-refractivity contribution >= 4 is 10.1 Å². The summed E-state index contributed by atoms with van der Waals surface area (Å²) in [5.41, 5.74) is 0.722. The summed E-state index contributed by atoms with van der Waals surface area (Å²) in [6.45, 7) is 2.23. The second kappa shape index (κ2) is 15.7. The maximum atomic E-state index is 12.4. The van der Waals surface area contributed by atoms with Crippen LogP contribution in [0, 0.1) is 0 Å². The van der Waals surface area contributed by atoms with Gasteiger partial charge in [-0.1, -0.05) is 101 Å². The van der Waals surface area contributed by atoms with Crippen LogP contribution in [0.15, 0.2) is 47.4 Å². The minimum atomic E-state index is -4.68. The quantitative estimate of drug-likeness (QED) is 0.244. The number of unbranched alkanes of at least 4 members (excludes halogenated alkanes) is 10. The van der Waals surface area contributed by atoms with Crippen molar-refractivity contribution in [3.8, 4) is 17.2 Å². The number of rotatable bonds is 15. The van der Waals surface area contributed by atoms with Gasteiger partial charge in [0.05, 0.1) is 0 Å². The Morgan fingerprint density at radius 1 is 0.844 bits per heavy atom. The summed E-state index contributed by atoms with van der Waals surface area (Å²) < 4.78 is 38.5. The van der Waals surface area contributed by atoms with Crippen molar-refractivity contribution < 1.29 is 52.4 Å². The van der Waals surface area contributed by atoms with Gasteiger partial charge in [-0.15, -0.1) is 0 Å². The Labute approximate surface area is 215 Å². The van der Waals surface area contributed by atoms with Gasteiger partial charge in [0, 0.05) is 0 Å². The minimum absolute atomic E-state index is 0. The molecular weight excluding hydrogens is 435 g/mol. The van der Waals surface area contributed by atoms with E-state index in [4.69, 9.17) is 4.74 Å². The maximum Gasteiger partial charge on any atom is 1.00 e. The van der Waals surface area contributed by atoms with E-state index in [2.05, 4.69) is 6.92 Å². The molecule has 0 atom stereocenters. The van der Waals surface area contributed by atoms with Gasteiger partial charge < -0.3 is 9.84 Å². The summed E-state index contributed by atoms with van der Waals surface area (Å²) in [4.78, 5) is -0.709. The van der Waals surface area contributed by atoms with E-state index in [0.717, 1.165) is 24.8 Å². The third-order valence-electron chi connectivity index (χ3n) is 5.38. The van der Waals surface area contributed by atoms with Crippen LogP contribution in [0.4, 0.5) is 0 Å². The van der Waals surface area contributed by atoms with Crippen LogP contribution in [0.3, 0.4) is 0 Å². The van der Waals surface area contributed by atoms with Crippen LogP contribution < -0.4 is 39.4 Å². The van der Waals surface area contributed by atoms with Crippen LogP contribution in [0.25, 0.3) is 0 Å². The van der Waals surface area contributed by atoms with Crippen molar-refractivity contribution in [2.24, 2.45) is 0 Å². The molecular formula is C25H35NaO5S. The first-order valence-electron chi connectivity index (χ1n) is 11.5. The summed E-state index contributed by atoms with van der Waals surface area (Å²) in [6.07, 6.45) is 14.3. The number of aryl methyl sites for hydroxylation is 1. The Kier molecular flexibility index (Phi) is 14.2. The number of para-hydroxylation sites is 1. The minimum Gasteiger partial charge on any atom is -0.871 e. The zero-order valence-electron chi connectivity index (χ0n) is 19.5. The van der Waals surface area contributed by atoms with Gasteiger partial charge in [0.2, 0.25) is 0 Å². The molecule has 0 unspecified atom stereocenters. The largest absolute Gasteiger partial charge is 1.00 e. The summed E-state index contributed by atoms with van der Waals surface area (Å²) in [5.74, 6) is -0.466. The fourth-order valence-electron chi connectivity index (χ4n) is 3.71. The normalized spacial score (nSPS) is 11.2. The van der Waals surface area contributed by atoms with Gasteiger partial charge in [0.25, 0.3) is 10.1 Å². The van der Waals surface area contributed by atoms with E-state index in [1.807, 2.05) is 0 Å². The van der Waals surface area contributed by atoms with Crippen LogP contribution in [0.2, 0.25) is 0 Å². The van der Waals surface area contributed by atoms with E-state index in [0.29, 0.717) is 12.2 Å². The Bertz CT molecular complexity index is 885. The fourth-order valence-corrected chi connectivity index (χ4v) is 4.38. The van der Waals surface area contributed by atoms with Crippen LogP contribution in [-0.4, -0.2) is 13.0 Å². The molecule has 32 heavy (non-hydrogen) atoms. The number of hydrogen-bond acceptors (Lipinski definition) is 4. The molecule has 1 N–H and O–H groups in total. The molecule has 172 valence electrons. The monoisotopic (exact) mass is 470 g/mol. The van der Waals surface area contributed by atoms with Gasteiger partial charge in [-0.2, -0.15) is 8.42 Å². The second-order valence-electron chi connectivity index (χ2n) is 8.10. The van der Waals surface area contributed by atoms with Gasteiger partial charge in [0.1, 0.15) is 16.4 Å². The Morgan fingerprint density at radius 2 is 1.38 bits per heavy atom. The standard InChI is InChI=1S/C25H36O5S.Na/c1-2-3-4-5-6-7-8-9-10-11-13-16-21-19-23(26)25(31(27,28)29)24(20-21)30-22-17-14-12-15-18-22;/h12,14-15,17-20,26H,2-11,13,16H2,1H3,(H,27,28,29);/q;+1/p-1. The summed E-state index contributed by atoms with van der Waals surface area (Å²) in [5, 5.41) is 12.4. The Morgan fingerprint density at radius 3 is 1.91 bits per heavy atom. The van der Waals surface area contributed by atoms with E-state index in [1.54, 1.807) is 36.4 Å². The SMILES string of the molecule is CCCCCCCCCCCCCc1cc([O-])c(S(=O)(=O)O)c(Oc2ccccc2)c1.[Na+]. The smallest absolute Gasteiger partial charge is 0.871 e. The molecule has 0 radical (unpaired) electrons. The molecule has 0 spiro atoms. The molecule has 0 saturated carbocycles. The average molecular weight is 471 g/mol. The van der Waals surface area contributed by atoms with Gasteiger partial charge >= 0.3 is 29.6 Å². The van der Waals surface area contributed by atoms with E-state index >= 15 is 0 Å². The first-order valence-corrected chi connectivity index (χ1v) is 12.9. The fraction of sp³-hybridized carbons (Fsp3) is 0.520. The summed E-state index contributed by atoms with van der Waals surface area (Å²) in [6, 6.07) is 11.5. The molecule has 0 aromatic heterocycles. The molecule has 0 heterocycles. The van der Waals surface area contributed by atoms with Crippen LogP contribution in [0.1, 0.15) is 83.1 Å². The number of hydrogen-bond donors (Lipinski definition) is 1. The van der Waals surface area contributed by atoms with Gasteiger partial charge in [0.15, 0.2) is 0 Å². The van der Waals surface area contributed by atoms with E-state index in [9.17, 15) is 18.1 Å². The van der Waals surface area contributed by atoms with Crippen molar-refractivity contribution in [1.82, 2.24) is 0 Å². The topological polar surface area (TPSA) is 86.7 Å². The zero-order chi connectivity index (χ0) is 22.5. The molecule has 2 aromatic rings. The predicted octanol–water partition coefficient (Wildman–Crippen LogP) is 3.66. The molecule has 0 aliphatic heterocycles. The second-order valence-corrected chi connectivity index (χ2v) is 9.46. The first-order chi connectivity index (χ1) is 14.9. The molecule has 0 aliphatic rings. The third-order valence-corrected chi connectivity index (χ3v) is 6.30. The van der Waals surface area contributed by atoms with E-state index in [-0.39, 0.29) is 35.3 Å². The van der Waals surface area contributed by atoms with Crippen molar-refractivity contribution in [2.75, 3.05) is 0 Å².